The van der Waals surface area contributed by atoms with Crippen molar-refractivity contribution in [3.63, 3.8) is 0 Å². The molecule has 0 bridgehead atoms. The van der Waals surface area contributed by atoms with E-state index < -0.39 is 11.8 Å². The molecule has 3 aromatic rings. The number of benzene rings is 3. The van der Waals surface area contributed by atoms with Crippen molar-refractivity contribution in [2.24, 2.45) is 0 Å². The maximum absolute atomic E-state index is 13.1. The summed E-state index contributed by atoms with van der Waals surface area (Å²) in [4.78, 5) is 26.8. The fraction of sp³-hybridized carbons (Fsp3) is 0.0417. The maximum Gasteiger partial charge on any atom is 0.270 e. The minimum absolute atomic E-state index is 0.00445. The summed E-state index contributed by atoms with van der Waals surface area (Å²) >= 11 is 14.6. The van der Waals surface area contributed by atoms with Crippen LogP contribution in [0.25, 0.3) is 6.08 Å². The van der Waals surface area contributed by atoms with Crippen LogP contribution in [0.3, 0.4) is 0 Å². The molecule has 0 aromatic heterocycles. The van der Waals surface area contributed by atoms with Gasteiger partial charge in [-0.2, -0.15) is 0 Å². The number of ether oxygens (including phenoxy) is 1. The van der Waals surface area contributed by atoms with E-state index in [4.69, 9.17) is 28.6 Å². The van der Waals surface area contributed by atoms with Crippen LogP contribution in [0, 0.1) is 5.82 Å². The molecule has 2 amide bonds. The quantitative estimate of drug-likeness (QED) is 0.256. The Morgan fingerprint density at radius 1 is 1.06 bits per heavy atom. The first-order valence-corrected chi connectivity index (χ1v) is 11.2. The zero-order valence-corrected chi connectivity index (χ0v) is 20.0. The van der Waals surface area contributed by atoms with Crippen LogP contribution in [0.4, 0.5) is 10.1 Å². The average molecular weight is 546 g/mol. The number of carbonyl (C=O) groups excluding carboxylic acids is 2. The molecular formula is C24H15BrClFN2O3S. The van der Waals surface area contributed by atoms with Gasteiger partial charge < -0.3 is 4.74 Å². The number of hydrogen-bond donors (Lipinski definition) is 1. The van der Waals surface area contributed by atoms with Crippen LogP contribution < -0.4 is 15.0 Å². The second kappa shape index (κ2) is 9.82. The first-order valence-electron chi connectivity index (χ1n) is 9.65. The summed E-state index contributed by atoms with van der Waals surface area (Å²) in [6, 6.07) is 17.7. The monoisotopic (exact) mass is 544 g/mol. The van der Waals surface area contributed by atoms with Crippen molar-refractivity contribution in [3.8, 4) is 5.75 Å². The third-order valence-corrected chi connectivity index (χ3v) is 5.92. The standard InChI is InChI=1S/C24H15BrClFN2O3S/c25-20-12-15(3-10-21(20)32-13-14-1-6-17(27)7-2-14)11-19-22(30)28-24(33)29(23(19)31)18-8-4-16(26)5-9-18/h1-12H,13H2,(H,28,30,33)/b19-11+. The van der Waals surface area contributed by atoms with Crippen LogP contribution >= 0.6 is 39.7 Å². The molecule has 4 rings (SSSR count). The van der Waals surface area contributed by atoms with E-state index >= 15 is 0 Å². The van der Waals surface area contributed by atoms with Gasteiger partial charge >= 0.3 is 0 Å². The lowest BCUT2D eigenvalue weighted by Gasteiger charge is -2.29. The number of rotatable bonds is 5. The molecule has 1 N–H and O–H groups in total. The van der Waals surface area contributed by atoms with Crippen molar-refractivity contribution in [3.05, 3.63) is 98.7 Å². The van der Waals surface area contributed by atoms with Crippen LogP contribution in [0.1, 0.15) is 11.1 Å². The zero-order valence-electron chi connectivity index (χ0n) is 16.8. The topological polar surface area (TPSA) is 58.6 Å². The molecule has 166 valence electrons. The average Bonchev–Trinajstić information content (AvgIpc) is 2.78. The van der Waals surface area contributed by atoms with E-state index in [-0.39, 0.29) is 23.1 Å². The third kappa shape index (κ3) is 5.30. The number of carbonyl (C=O) groups is 2. The SMILES string of the molecule is O=C1NC(=S)N(c2ccc(Cl)cc2)C(=O)/C1=C/c1ccc(OCc2ccc(F)cc2)c(Br)c1. The Kier molecular flexibility index (Phi) is 6.88. The van der Waals surface area contributed by atoms with Gasteiger partial charge in [-0.25, -0.2) is 4.39 Å². The fourth-order valence-electron chi connectivity index (χ4n) is 3.11. The van der Waals surface area contributed by atoms with Gasteiger partial charge in [0.15, 0.2) is 5.11 Å². The highest BCUT2D eigenvalue weighted by Crippen LogP contribution is 2.29. The van der Waals surface area contributed by atoms with E-state index in [1.54, 1.807) is 54.6 Å². The molecule has 0 radical (unpaired) electrons. The second-order valence-corrected chi connectivity index (χ2v) is 8.72. The third-order valence-electron chi connectivity index (χ3n) is 4.76. The van der Waals surface area contributed by atoms with Crippen molar-refractivity contribution in [2.45, 2.75) is 6.61 Å². The van der Waals surface area contributed by atoms with Gasteiger partial charge in [-0.15, -0.1) is 0 Å². The normalized spacial score (nSPS) is 15.1. The van der Waals surface area contributed by atoms with Crippen molar-refractivity contribution in [1.82, 2.24) is 5.32 Å². The molecule has 5 nitrogen and oxygen atoms in total. The number of amides is 2. The Morgan fingerprint density at radius 3 is 2.42 bits per heavy atom. The molecule has 0 atom stereocenters. The smallest absolute Gasteiger partial charge is 0.270 e. The Labute approximate surface area is 207 Å². The summed E-state index contributed by atoms with van der Waals surface area (Å²) in [7, 11) is 0. The summed E-state index contributed by atoms with van der Waals surface area (Å²) in [6.45, 7) is 0.258. The van der Waals surface area contributed by atoms with E-state index in [9.17, 15) is 14.0 Å². The van der Waals surface area contributed by atoms with Gasteiger partial charge in [-0.1, -0.05) is 29.8 Å². The van der Waals surface area contributed by atoms with Gasteiger partial charge in [0, 0.05) is 5.02 Å². The number of nitrogens with one attached hydrogen (secondary N) is 1. The largest absolute Gasteiger partial charge is 0.488 e. The predicted octanol–water partition coefficient (Wildman–Crippen LogP) is 5.65. The molecule has 0 aliphatic carbocycles. The van der Waals surface area contributed by atoms with Gasteiger partial charge in [-0.05, 0) is 93.9 Å². The number of hydrogen-bond acceptors (Lipinski definition) is 4. The lowest BCUT2D eigenvalue weighted by molar-refractivity contribution is -0.122. The summed E-state index contributed by atoms with van der Waals surface area (Å²) in [5, 5.41) is 3.05. The Hall–Kier alpha value is -3.07. The van der Waals surface area contributed by atoms with E-state index in [0.717, 1.165) is 5.56 Å². The Balaban J connectivity index is 1.55. The molecule has 1 aliphatic rings. The van der Waals surface area contributed by atoms with E-state index in [1.807, 2.05) is 0 Å². The van der Waals surface area contributed by atoms with Crippen molar-refractivity contribution in [1.29, 1.82) is 0 Å². The molecular weight excluding hydrogens is 531 g/mol. The van der Waals surface area contributed by atoms with Gasteiger partial charge in [0.1, 0.15) is 23.7 Å². The van der Waals surface area contributed by atoms with Gasteiger partial charge in [0.25, 0.3) is 11.8 Å². The fourth-order valence-corrected chi connectivity index (χ4v) is 4.03. The zero-order chi connectivity index (χ0) is 23.5. The first kappa shape index (κ1) is 23.1. The highest BCUT2D eigenvalue weighted by molar-refractivity contribution is 9.10. The molecule has 0 unspecified atom stereocenters. The number of anilines is 1. The molecule has 1 heterocycles. The van der Waals surface area contributed by atoms with Crippen LogP contribution in [0.15, 0.2) is 76.8 Å². The molecule has 3 aromatic carbocycles. The van der Waals surface area contributed by atoms with Gasteiger partial charge in [0.2, 0.25) is 0 Å². The van der Waals surface area contributed by atoms with Crippen molar-refractivity contribution in [2.75, 3.05) is 4.90 Å². The first-order chi connectivity index (χ1) is 15.8. The summed E-state index contributed by atoms with van der Waals surface area (Å²) in [5.41, 5.74) is 1.85. The summed E-state index contributed by atoms with van der Waals surface area (Å²) < 4.78 is 19.5. The van der Waals surface area contributed by atoms with E-state index in [2.05, 4.69) is 21.2 Å². The molecule has 9 heteroatoms. The number of nitrogens with zero attached hydrogens (tertiary/aromatic N) is 1. The Bertz CT molecular complexity index is 1280. The summed E-state index contributed by atoms with van der Waals surface area (Å²) in [5.74, 6) is -0.874. The summed E-state index contributed by atoms with van der Waals surface area (Å²) in [6.07, 6.45) is 1.48. The van der Waals surface area contributed by atoms with Crippen LogP contribution in [-0.2, 0) is 16.2 Å². The predicted molar refractivity (Wildman–Crippen MR) is 133 cm³/mol. The van der Waals surface area contributed by atoms with Crippen LogP contribution in [0.5, 0.6) is 5.75 Å². The molecule has 0 spiro atoms. The van der Waals surface area contributed by atoms with E-state index in [0.29, 0.717) is 26.5 Å². The highest BCUT2D eigenvalue weighted by atomic mass is 79.9. The van der Waals surface area contributed by atoms with Gasteiger partial charge in [-0.3, -0.25) is 19.8 Å². The second-order valence-electron chi connectivity index (χ2n) is 7.04. The molecule has 1 fully saturated rings. The lowest BCUT2D eigenvalue weighted by atomic mass is 10.1. The maximum atomic E-state index is 13.1. The molecule has 1 saturated heterocycles. The number of halogens is 3. The molecule has 1 aliphatic heterocycles. The number of thiocarbonyl (C=S) groups is 1. The van der Waals surface area contributed by atoms with Crippen molar-refractivity contribution >= 4 is 68.4 Å². The lowest BCUT2D eigenvalue weighted by Crippen LogP contribution is -2.54. The highest BCUT2D eigenvalue weighted by Gasteiger charge is 2.34. The minimum atomic E-state index is -0.581. The van der Waals surface area contributed by atoms with Crippen LogP contribution in [-0.4, -0.2) is 16.9 Å². The molecule has 0 saturated carbocycles. The van der Waals surface area contributed by atoms with E-state index in [1.165, 1.54) is 23.1 Å². The minimum Gasteiger partial charge on any atom is -0.488 e. The molecule has 33 heavy (non-hydrogen) atoms. The van der Waals surface area contributed by atoms with Crippen LogP contribution in [0.2, 0.25) is 5.02 Å². The Morgan fingerprint density at radius 2 is 1.76 bits per heavy atom. The van der Waals surface area contributed by atoms with Gasteiger partial charge in [0.05, 0.1) is 10.2 Å². The van der Waals surface area contributed by atoms with Crippen molar-refractivity contribution < 1.29 is 18.7 Å².